The van der Waals surface area contributed by atoms with Gasteiger partial charge in [0.1, 0.15) is 11.5 Å². The lowest BCUT2D eigenvalue weighted by Crippen LogP contribution is -2.15. The summed E-state index contributed by atoms with van der Waals surface area (Å²) in [5.74, 6) is -1.31. The summed E-state index contributed by atoms with van der Waals surface area (Å²) in [6.45, 7) is 0. The lowest BCUT2D eigenvalue weighted by Gasteiger charge is -2.11. The van der Waals surface area contributed by atoms with Crippen molar-refractivity contribution in [3.8, 4) is 11.3 Å². The first-order valence-corrected chi connectivity index (χ1v) is 9.96. The predicted octanol–water partition coefficient (Wildman–Crippen LogP) is 6.34. The van der Waals surface area contributed by atoms with Crippen LogP contribution in [0, 0.1) is 5.82 Å². The Morgan fingerprint density at radius 3 is 2.37 bits per heavy atom. The molecule has 0 aliphatic heterocycles. The number of rotatable bonds is 5. The van der Waals surface area contributed by atoms with Crippen molar-refractivity contribution in [2.75, 3.05) is 11.1 Å². The van der Waals surface area contributed by atoms with Gasteiger partial charge in [-0.2, -0.15) is 13.2 Å². The van der Waals surface area contributed by atoms with Crippen LogP contribution in [0.5, 0.6) is 0 Å². The number of nitrogens with one attached hydrogen (secondary N) is 1. The third-order valence-electron chi connectivity index (χ3n) is 3.67. The molecule has 0 fully saturated rings. The van der Waals surface area contributed by atoms with Gasteiger partial charge in [0, 0.05) is 10.6 Å². The Morgan fingerprint density at radius 1 is 1.03 bits per heavy atom. The van der Waals surface area contributed by atoms with E-state index in [1.807, 2.05) is 0 Å². The highest BCUT2D eigenvalue weighted by Gasteiger charge is 2.34. The minimum atomic E-state index is -4.72. The highest BCUT2D eigenvalue weighted by Crippen LogP contribution is 2.32. The lowest BCUT2D eigenvalue weighted by atomic mass is 10.1. The number of alkyl halides is 3. The number of nitrogens with zero attached hydrogens (tertiary/aromatic N) is 2. The minimum Gasteiger partial charge on any atom is -0.324 e. The van der Waals surface area contributed by atoms with Gasteiger partial charge in [-0.15, -0.1) is 0 Å². The summed E-state index contributed by atoms with van der Waals surface area (Å²) in [7, 11) is 0. The van der Waals surface area contributed by atoms with Gasteiger partial charge in [-0.25, -0.2) is 14.4 Å². The summed E-state index contributed by atoms with van der Waals surface area (Å²) in [6.07, 6.45) is -4.72. The number of hydrogen-bond acceptors (Lipinski definition) is 4. The quantitative estimate of drug-likeness (QED) is 0.265. The molecule has 0 spiro atoms. The van der Waals surface area contributed by atoms with Crippen molar-refractivity contribution in [3.63, 3.8) is 0 Å². The number of anilines is 1. The van der Waals surface area contributed by atoms with Gasteiger partial charge in [-0.05, 0) is 48.5 Å². The monoisotopic (exact) mass is 475 g/mol. The van der Waals surface area contributed by atoms with Crippen molar-refractivity contribution < 1.29 is 22.4 Å². The van der Waals surface area contributed by atoms with Crippen LogP contribution in [0.4, 0.5) is 23.2 Å². The highest BCUT2D eigenvalue weighted by molar-refractivity contribution is 7.99. The van der Waals surface area contributed by atoms with Crippen LogP contribution in [0.1, 0.15) is 5.69 Å². The molecule has 0 atom stereocenters. The zero-order valence-corrected chi connectivity index (χ0v) is 17.1. The van der Waals surface area contributed by atoms with E-state index in [0.717, 1.165) is 30.0 Å². The van der Waals surface area contributed by atoms with Gasteiger partial charge in [0.25, 0.3) is 0 Å². The molecule has 0 unspecified atom stereocenters. The molecule has 4 nitrogen and oxygen atoms in total. The summed E-state index contributed by atoms with van der Waals surface area (Å²) in [6, 6.07) is 10.1. The van der Waals surface area contributed by atoms with Crippen molar-refractivity contribution in [1.82, 2.24) is 9.97 Å². The number of aromatic nitrogens is 2. The molecule has 3 rings (SSSR count). The molecule has 0 bridgehead atoms. The fraction of sp³-hybridized carbons (Fsp3) is 0.105. The molecule has 156 valence electrons. The number of carbonyl (C=O) groups is 1. The first-order valence-electron chi connectivity index (χ1n) is 8.22. The van der Waals surface area contributed by atoms with Gasteiger partial charge in [-0.1, -0.05) is 35.0 Å². The first kappa shape index (κ1) is 22.3. The molecule has 0 saturated heterocycles. The molecule has 11 heteroatoms. The standard InChI is InChI=1S/C19H11Cl2F4N3OS/c20-11-3-6-14(13(21)7-11)26-17(29)9-30-18-27-15(8-16(28-18)19(23,24)25)10-1-4-12(22)5-2-10/h1-8H,9H2,(H,26,29). The fourth-order valence-electron chi connectivity index (χ4n) is 2.31. The van der Waals surface area contributed by atoms with Crippen molar-refractivity contribution in [2.45, 2.75) is 11.3 Å². The third-order valence-corrected chi connectivity index (χ3v) is 5.07. The number of carbonyl (C=O) groups excluding carboxylic acids is 1. The van der Waals surface area contributed by atoms with Crippen molar-refractivity contribution in [3.05, 3.63) is 70.1 Å². The molecule has 0 aliphatic carbocycles. The summed E-state index contributed by atoms with van der Waals surface area (Å²) >= 11 is 12.5. The van der Waals surface area contributed by atoms with E-state index in [1.165, 1.54) is 30.3 Å². The van der Waals surface area contributed by atoms with E-state index in [0.29, 0.717) is 10.7 Å². The van der Waals surface area contributed by atoms with Crippen LogP contribution in [0.15, 0.2) is 53.7 Å². The Morgan fingerprint density at radius 2 is 1.73 bits per heavy atom. The van der Waals surface area contributed by atoms with Crippen LogP contribution in [0.25, 0.3) is 11.3 Å². The molecule has 1 heterocycles. The maximum absolute atomic E-state index is 13.2. The van der Waals surface area contributed by atoms with Crippen LogP contribution in [-0.2, 0) is 11.0 Å². The van der Waals surface area contributed by atoms with Gasteiger partial charge < -0.3 is 5.32 Å². The number of benzene rings is 2. The molecule has 3 aromatic rings. The number of amides is 1. The lowest BCUT2D eigenvalue weighted by molar-refractivity contribution is -0.141. The van der Waals surface area contributed by atoms with Crippen molar-refractivity contribution in [2.24, 2.45) is 0 Å². The second-order valence-electron chi connectivity index (χ2n) is 5.89. The zero-order valence-electron chi connectivity index (χ0n) is 14.8. The van der Waals surface area contributed by atoms with Gasteiger partial charge in [0.2, 0.25) is 5.91 Å². The summed E-state index contributed by atoms with van der Waals surface area (Å²) in [4.78, 5) is 19.7. The molecule has 30 heavy (non-hydrogen) atoms. The topological polar surface area (TPSA) is 54.9 Å². The Bertz CT molecular complexity index is 1080. The van der Waals surface area contributed by atoms with Crippen LogP contribution in [0.3, 0.4) is 0 Å². The molecule has 1 N–H and O–H groups in total. The first-order chi connectivity index (χ1) is 14.1. The van der Waals surface area contributed by atoms with E-state index in [4.69, 9.17) is 23.2 Å². The molecular formula is C19H11Cl2F4N3OS. The van der Waals surface area contributed by atoms with E-state index in [9.17, 15) is 22.4 Å². The van der Waals surface area contributed by atoms with Crippen LogP contribution in [0.2, 0.25) is 10.0 Å². The van der Waals surface area contributed by atoms with E-state index < -0.39 is 23.6 Å². The van der Waals surface area contributed by atoms with Crippen LogP contribution in [-0.4, -0.2) is 21.6 Å². The van der Waals surface area contributed by atoms with Crippen LogP contribution < -0.4 is 5.32 Å². The molecule has 0 radical (unpaired) electrons. The summed E-state index contributed by atoms with van der Waals surface area (Å²) in [5, 5.41) is 2.89. The Labute approximate surface area is 182 Å². The SMILES string of the molecule is O=C(CSc1nc(-c2ccc(F)cc2)cc(C(F)(F)F)n1)Nc1ccc(Cl)cc1Cl. The van der Waals surface area contributed by atoms with Crippen molar-refractivity contribution >= 4 is 46.6 Å². The number of halogens is 6. The largest absolute Gasteiger partial charge is 0.433 e. The molecule has 0 aliphatic rings. The van der Waals surface area contributed by atoms with Crippen LogP contribution >= 0.6 is 35.0 Å². The smallest absolute Gasteiger partial charge is 0.324 e. The Kier molecular flexibility index (Phi) is 6.84. The second-order valence-corrected chi connectivity index (χ2v) is 7.67. The van der Waals surface area contributed by atoms with E-state index in [-0.39, 0.29) is 27.2 Å². The Balaban J connectivity index is 1.79. The van der Waals surface area contributed by atoms with E-state index >= 15 is 0 Å². The van der Waals surface area contributed by atoms with E-state index in [1.54, 1.807) is 0 Å². The highest BCUT2D eigenvalue weighted by atomic mass is 35.5. The fourth-order valence-corrected chi connectivity index (χ4v) is 3.42. The molecule has 0 saturated carbocycles. The predicted molar refractivity (Wildman–Crippen MR) is 108 cm³/mol. The molecule has 2 aromatic carbocycles. The van der Waals surface area contributed by atoms with Crippen molar-refractivity contribution in [1.29, 1.82) is 0 Å². The normalized spacial score (nSPS) is 11.4. The maximum Gasteiger partial charge on any atom is 0.433 e. The maximum atomic E-state index is 13.2. The number of hydrogen-bond donors (Lipinski definition) is 1. The summed E-state index contributed by atoms with van der Waals surface area (Å²) in [5.41, 5.74) is -0.617. The Hall–Kier alpha value is -2.36. The van der Waals surface area contributed by atoms with Gasteiger partial charge in [-0.3, -0.25) is 4.79 Å². The molecule has 1 aromatic heterocycles. The van der Waals surface area contributed by atoms with Gasteiger partial charge in [0.05, 0.1) is 22.2 Å². The average Bonchev–Trinajstić information content (AvgIpc) is 2.68. The van der Waals surface area contributed by atoms with Gasteiger partial charge in [0.15, 0.2) is 5.16 Å². The summed E-state index contributed by atoms with van der Waals surface area (Å²) < 4.78 is 52.8. The average molecular weight is 476 g/mol. The molecular weight excluding hydrogens is 465 g/mol. The van der Waals surface area contributed by atoms with E-state index in [2.05, 4.69) is 15.3 Å². The second kappa shape index (κ2) is 9.20. The zero-order chi connectivity index (χ0) is 21.9. The third kappa shape index (κ3) is 5.84. The van der Waals surface area contributed by atoms with Gasteiger partial charge >= 0.3 is 6.18 Å². The minimum absolute atomic E-state index is 0.0408. The number of thioether (sulfide) groups is 1. The molecule has 1 amide bonds.